The van der Waals surface area contributed by atoms with Gasteiger partial charge in [0.2, 0.25) is 11.8 Å². The second kappa shape index (κ2) is 7.92. The van der Waals surface area contributed by atoms with E-state index in [1.54, 1.807) is 0 Å². The van der Waals surface area contributed by atoms with Crippen LogP contribution in [0.1, 0.15) is 37.7 Å². The summed E-state index contributed by atoms with van der Waals surface area (Å²) in [4.78, 5) is 18.2. The Labute approximate surface area is 156 Å². The number of ether oxygens (including phenoxy) is 2. The fourth-order valence-corrected chi connectivity index (χ4v) is 3.59. The van der Waals surface area contributed by atoms with Gasteiger partial charge in [0.25, 0.3) is 11.8 Å². The Kier molecular flexibility index (Phi) is 5.78. The molecule has 1 aromatic rings. The Balaban J connectivity index is 1.66. The van der Waals surface area contributed by atoms with Crippen LogP contribution >= 0.6 is 0 Å². The zero-order chi connectivity index (χ0) is 19.6. The van der Waals surface area contributed by atoms with Crippen LogP contribution < -0.4 is 14.8 Å². The summed E-state index contributed by atoms with van der Waals surface area (Å²) in [6.07, 6.45) is 0.364. The molecule has 1 saturated carbocycles. The number of methoxy groups -OCH3 is 1. The number of nitrogens with zero attached hydrogens (tertiary/aromatic N) is 2. The van der Waals surface area contributed by atoms with Crippen molar-refractivity contribution in [2.24, 2.45) is 0 Å². The summed E-state index contributed by atoms with van der Waals surface area (Å²) in [7, 11) is 3.25. The van der Waals surface area contributed by atoms with Crippen molar-refractivity contribution < 1.29 is 27.4 Å². The number of alkyl halides is 2. The molecule has 150 valence electrons. The highest BCUT2D eigenvalue weighted by molar-refractivity contribution is 5.82. The van der Waals surface area contributed by atoms with Gasteiger partial charge in [-0.25, -0.2) is 13.2 Å². The summed E-state index contributed by atoms with van der Waals surface area (Å²) >= 11 is 0. The van der Waals surface area contributed by atoms with Gasteiger partial charge in [0, 0.05) is 24.9 Å². The van der Waals surface area contributed by atoms with Crippen LogP contribution in [0.15, 0.2) is 6.07 Å². The summed E-state index contributed by atoms with van der Waals surface area (Å²) in [6.45, 7) is 0.919. The fraction of sp³-hybridized carbons (Fsp3) is 0.667. The topological polar surface area (TPSA) is 63.7 Å². The maximum atomic E-state index is 14.3. The molecule has 3 rings (SSSR count). The number of amides is 1. The highest BCUT2D eigenvalue weighted by Gasteiger charge is 2.41. The van der Waals surface area contributed by atoms with E-state index >= 15 is 0 Å². The van der Waals surface area contributed by atoms with E-state index in [0.717, 1.165) is 25.5 Å². The van der Waals surface area contributed by atoms with Gasteiger partial charge in [0.1, 0.15) is 6.10 Å². The van der Waals surface area contributed by atoms with Crippen LogP contribution in [0.2, 0.25) is 0 Å². The van der Waals surface area contributed by atoms with Crippen LogP contribution in [-0.2, 0) is 11.3 Å². The molecule has 1 amide bonds. The number of rotatable bonds is 6. The maximum Gasteiger partial charge on any atom is 0.254 e. The molecule has 0 radical (unpaired) electrons. The van der Waals surface area contributed by atoms with Crippen molar-refractivity contribution in [2.75, 3.05) is 20.7 Å². The molecule has 1 saturated heterocycles. The Morgan fingerprint density at radius 2 is 2.19 bits per heavy atom. The van der Waals surface area contributed by atoms with E-state index < -0.39 is 24.3 Å². The maximum absolute atomic E-state index is 14.3. The monoisotopic (exact) mass is 387 g/mol. The molecule has 6 nitrogen and oxygen atoms in total. The Hall–Kier alpha value is -2.03. The molecule has 2 unspecified atom stereocenters. The van der Waals surface area contributed by atoms with Gasteiger partial charge in [-0.3, -0.25) is 9.69 Å². The zero-order valence-corrected chi connectivity index (χ0v) is 15.4. The molecule has 1 aliphatic heterocycles. The Bertz CT molecular complexity index is 702. The second-order valence-electron chi connectivity index (χ2n) is 7.14. The Morgan fingerprint density at radius 1 is 1.41 bits per heavy atom. The van der Waals surface area contributed by atoms with E-state index in [0.29, 0.717) is 5.56 Å². The molecule has 2 heterocycles. The van der Waals surface area contributed by atoms with Crippen LogP contribution in [0.25, 0.3) is 0 Å². The number of likely N-dealkylation sites (N-methyl/N-ethyl adjacent to an activating group) is 1. The smallest absolute Gasteiger partial charge is 0.254 e. The van der Waals surface area contributed by atoms with Gasteiger partial charge in [0.15, 0.2) is 5.82 Å². The normalized spacial score (nSPS) is 24.8. The van der Waals surface area contributed by atoms with Crippen molar-refractivity contribution in [3.63, 3.8) is 0 Å². The second-order valence-corrected chi connectivity index (χ2v) is 7.14. The largest absolute Gasteiger partial charge is 0.481 e. The highest BCUT2D eigenvalue weighted by Crippen LogP contribution is 2.37. The first kappa shape index (κ1) is 19.7. The minimum atomic E-state index is -2.79. The average molecular weight is 387 g/mol. The molecule has 0 spiro atoms. The lowest BCUT2D eigenvalue weighted by molar-refractivity contribution is -0.125. The molecule has 1 aromatic heterocycles. The minimum Gasteiger partial charge on any atom is -0.481 e. The number of hydrogen-bond donors (Lipinski definition) is 1. The van der Waals surface area contributed by atoms with Gasteiger partial charge >= 0.3 is 0 Å². The number of carbonyl (C=O) groups is 1. The number of aromatic nitrogens is 1. The number of carbonyl (C=O) groups excluding carboxylic acids is 1. The predicted molar refractivity (Wildman–Crippen MR) is 91.5 cm³/mol. The van der Waals surface area contributed by atoms with Gasteiger partial charge in [-0.15, -0.1) is 0 Å². The summed E-state index contributed by atoms with van der Waals surface area (Å²) in [5.74, 6) is -3.96. The number of pyridine rings is 1. The van der Waals surface area contributed by atoms with Gasteiger partial charge in [0.05, 0.1) is 13.2 Å². The molecule has 2 fully saturated rings. The molecule has 1 aliphatic carbocycles. The van der Waals surface area contributed by atoms with Gasteiger partial charge in [-0.1, -0.05) is 0 Å². The summed E-state index contributed by atoms with van der Waals surface area (Å²) in [5, 5.41) is 2.77. The summed E-state index contributed by atoms with van der Waals surface area (Å²) < 4.78 is 51.4. The molecule has 2 atom stereocenters. The van der Waals surface area contributed by atoms with Crippen LogP contribution in [0.4, 0.5) is 13.2 Å². The van der Waals surface area contributed by atoms with E-state index in [9.17, 15) is 18.0 Å². The van der Waals surface area contributed by atoms with Crippen LogP contribution in [0.5, 0.6) is 11.8 Å². The number of nitrogens with one attached hydrogen (secondary N) is 1. The molecular weight excluding hydrogens is 363 g/mol. The summed E-state index contributed by atoms with van der Waals surface area (Å²) in [6, 6.07) is 0.966. The number of hydrogen-bond acceptors (Lipinski definition) is 5. The average Bonchev–Trinajstić information content (AvgIpc) is 3.19. The third kappa shape index (κ3) is 4.63. The standard InChI is InChI=1S/C18H24F3N3O3/c1-24-7-3-4-14(24)15(25)22-10-11-8-13(19)17(23-16(11)26-2)27-12-5-6-18(20,21)9-12/h8,12,14H,3-7,9-10H2,1-2H3,(H,22,25). The van der Waals surface area contributed by atoms with E-state index in [1.165, 1.54) is 7.11 Å². The molecule has 1 N–H and O–H groups in total. The fourth-order valence-electron chi connectivity index (χ4n) is 3.59. The molecule has 0 bridgehead atoms. The van der Waals surface area contributed by atoms with Gasteiger partial charge in [-0.2, -0.15) is 4.98 Å². The molecular formula is C18H24F3N3O3. The first-order chi connectivity index (χ1) is 12.8. The van der Waals surface area contributed by atoms with E-state index in [4.69, 9.17) is 9.47 Å². The van der Waals surface area contributed by atoms with Gasteiger partial charge < -0.3 is 14.8 Å². The third-order valence-corrected chi connectivity index (χ3v) is 5.09. The molecule has 27 heavy (non-hydrogen) atoms. The summed E-state index contributed by atoms with van der Waals surface area (Å²) in [5.41, 5.74) is 0.355. The van der Waals surface area contributed by atoms with Crippen molar-refractivity contribution in [1.29, 1.82) is 0 Å². The molecule has 0 aromatic carbocycles. The van der Waals surface area contributed by atoms with E-state index in [1.807, 2.05) is 11.9 Å². The van der Waals surface area contributed by atoms with Crippen LogP contribution in [0, 0.1) is 5.82 Å². The lowest BCUT2D eigenvalue weighted by atomic mass is 10.2. The van der Waals surface area contributed by atoms with Crippen molar-refractivity contribution in [1.82, 2.24) is 15.2 Å². The Morgan fingerprint density at radius 3 is 2.78 bits per heavy atom. The van der Waals surface area contributed by atoms with Crippen molar-refractivity contribution in [2.45, 2.75) is 56.7 Å². The van der Waals surface area contributed by atoms with E-state index in [2.05, 4.69) is 10.3 Å². The lowest BCUT2D eigenvalue weighted by Crippen LogP contribution is -2.41. The predicted octanol–water partition coefficient (Wildman–Crippen LogP) is 2.51. The van der Waals surface area contributed by atoms with Crippen molar-refractivity contribution >= 4 is 5.91 Å². The minimum absolute atomic E-state index is 0.0536. The molecule has 9 heteroatoms. The molecule has 2 aliphatic rings. The van der Waals surface area contributed by atoms with Gasteiger partial charge in [-0.05, 0) is 38.9 Å². The highest BCUT2D eigenvalue weighted by atomic mass is 19.3. The first-order valence-corrected chi connectivity index (χ1v) is 9.05. The number of halogens is 3. The zero-order valence-electron chi connectivity index (χ0n) is 15.4. The van der Waals surface area contributed by atoms with Crippen molar-refractivity contribution in [3.05, 3.63) is 17.4 Å². The van der Waals surface area contributed by atoms with Crippen molar-refractivity contribution in [3.8, 4) is 11.8 Å². The quantitative estimate of drug-likeness (QED) is 0.813. The van der Waals surface area contributed by atoms with Crippen LogP contribution in [0.3, 0.4) is 0 Å². The van der Waals surface area contributed by atoms with Crippen LogP contribution in [-0.4, -0.2) is 54.6 Å². The first-order valence-electron chi connectivity index (χ1n) is 9.05. The third-order valence-electron chi connectivity index (χ3n) is 5.09. The lowest BCUT2D eigenvalue weighted by Gasteiger charge is -2.19. The van der Waals surface area contributed by atoms with E-state index in [-0.39, 0.29) is 43.1 Å². The SMILES string of the molecule is COc1nc(OC2CCC(F)(F)C2)c(F)cc1CNC(=O)C1CCCN1C. The number of likely N-dealkylation sites (tertiary alicyclic amines) is 1.